The second kappa shape index (κ2) is 7.72. The summed E-state index contributed by atoms with van der Waals surface area (Å²) in [5.41, 5.74) is 0.324. The Hall–Kier alpha value is -1.64. The highest BCUT2D eigenvalue weighted by molar-refractivity contribution is 7.86. The van der Waals surface area contributed by atoms with E-state index in [9.17, 15) is 13.2 Å². The van der Waals surface area contributed by atoms with E-state index >= 15 is 0 Å². The lowest BCUT2D eigenvalue weighted by Crippen LogP contribution is -2.52. The van der Waals surface area contributed by atoms with Crippen LogP contribution < -0.4 is 0 Å². The Labute approximate surface area is 149 Å². The maximum atomic E-state index is 12.3. The van der Waals surface area contributed by atoms with Crippen LogP contribution in [0.1, 0.15) is 26.3 Å². The number of carbonyl (C=O) groups is 1. The maximum absolute atomic E-state index is 12.3. The molecule has 8 heteroatoms. The molecule has 0 radical (unpaired) electrons. The molecule has 0 aliphatic carbocycles. The molecule has 1 atom stereocenters. The standard InChI is InChI=1S/C17H25NO6S/c1-13-5-7-15(8-6-13)25(20,21)23-12-14-11-22-10-9-18(14)16(19)24-17(2,3)4/h5-8,14H,9-12H2,1-4H3/t14-/m0/s1. The number of ether oxygens (including phenoxy) is 2. The van der Waals surface area contributed by atoms with Crippen LogP contribution in [-0.2, 0) is 23.8 Å². The third kappa shape index (κ3) is 5.69. The number of amides is 1. The first-order valence-corrected chi connectivity index (χ1v) is 9.53. The lowest BCUT2D eigenvalue weighted by molar-refractivity contribution is -0.0413. The van der Waals surface area contributed by atoms with Gasteiger partial charge < -0.3 is 9.47 Å². The fraction of sp³-hybridized carbons (Fsp3) is 0.588. The smallest absolute Gasteiger partial charge is 0.410 e. The molecule has 0 bridgehead atoms. The lowest BCUT2D eigenvalue weighted by atomic mass is 10.2. The Morgan fingerprint density at radius 2 is 1.92 bits per heavy atom. The van der Waals surface area contributed by atoms with E-state index in [1.54, 1.807) is 32.9 Å². The van der Waals surface area contributed by atoms with Crippen LogP contribution in [0.15, 0.2) is 29.2 Å². The Morgan fingerprint density at radius 3 is 2.52 bits per heavy atom. The zero-order valence-electron chi connectivity index (χ0n) is 15.0. The van der Waals surface area contributed by atoms with E-state index in [4.69, 9.17) is 13.7 Å². The van der Waals surface area contributed by atoms with Crippen LogP contribution in [-0.4, -0.2) is 57.4 Å². The highest BCUT2D eigenvalue weighted by Gasteiger charge is 2.32. The molecule has 0 aromatic heterocycles. The highest BCUT2D eigenvalue weighted by atomic mass is 32.2. The minimum Gasteiger partial charge on any atom is -0.444 e. The van der Waals surface area contributed by atoms with E-state index in [1.807, 2.05) is 6.92 Å². The second-order valence-electron chi connectivity index (χ2n) is 6.95. The largest absolute Gasteiger partial charge is 0.444 e. The van der Waals surface area contributed by atoms with Gasteiger partial charge in [0.2, 0.25) is 0 Å². The van der Waals surface area contributed by atoms with Crippen molar-refractivity contribution in [2.75, 3.05) is 26.4 Å². The van der Waals surface area contributed by atoms with Crippen LogP contribution in [0.4, 0.5) is 4.79 Å². The van der Waals surface area contributed by atoms with E-state index in [2.05, 4.69) is 0 Å². The van der Waals surface area contributed by atoms with Gasteiger partial charge in [0.1, 0.15) is 5.60 Å². The minimum absolute atomic E-state index is 0.0821. The van der Waals surface area contributed by atoms with Crippen LogP contribution in [0.25, 0.3) is 0 Å². The molecule has 7 nitrogen and oxygen atoms in total. The number of rotatable bonds is 4. The molecule has 1 aromatic rings. The van der Waals surface area contributed by atoms with Crippen molar-refractivity contribution in [2.45, 2.75) is 44.2 Å². The summed E-state index contributed by atoms with van der Waals surface area (Å²) in [5, 5.41) is 0. The van der Waals surface area contributed by atoms with Crippen molar-refractivity contribution in [3.8, 4) is 0 Å². The Kier molecular flexibility index (Phi) is 6.08. The number of hydrogen-bond acceptors (Lipinski definition) is 6. The van der Waals surface area contributed by atoms with Crippen molar-refractivity contribution in [3.05, 3.63) is 29.8 Å². The first kappa shape index (κ1) is 19.7. The summed E-state index contributed by atoms with van der Waals surface area (Å²) in [6.07, 6.45) is -0.503. The molecular formula is C17H25NO6S. The van der Waals surface area contributed by atoms with E-state index in [0.717, 1.165) is 5.56 Å². The van der Waals surface area contributed by atoms with Crippen LogP contribution in [0.3, 0.4) is 0 Å². The maximum Gasteiger partial charge on any atom is 0.410 e. The number of morpholine rings is 1. The average molecular weight is 371 g/mol. The third-order valence-corrected chi connectivity index (χ3v) is 4.88. The molecule has 1 saturated heterocycles. The van der Waals surface area contributed by atoms with Gasteiger partial charge in [-0.15, -0.1) is 0 Å². The van der Waals surface area contributed by atoms with Gasteiger partial charge in [-0.3, -0.25) is 9.08 Å². The van der Waals surface area contributed by atoms with E-state index in [-0.39, 0.29) is 18.1 Å². The van der Waals surface area contributed by atoms with Gasteiger partial charge in [-0.25, -0.2) is 4.79 Å². The number of nitrogens with zero attached hydrogens (tertiary/aromatic N) is 1. The molecule has 0 saturated carbocycles. The molecule has 2 rings (SSSR count). The molecule has 1 aliphatic rings. The van der Waals surface area contributed by atoms with Gasteiger partial charge in [0.05, 0.1) is 30.8 Å². The fourth-order valence-electron chi connectivity index (χ4n) is 2.29. The van der Waals surface area contributed by atoms with Crippen molar-refractivity contribution in [1.82, 2.24) is 4.90 Å². The summed E-state index contributed by atoms with van der Waals surface area (Å²) in [7, 11) is -3.90. The van der Waals surface area contributed by atoms with E-state index < -0.39 is 27.9 Å². The summed E-state index contributed by atoms with van der Waals surface area (Å²) in [6.45, 7) is 7.91. The summed E-state index contributed by atoms with van der Waals surface area (Å²) in [4.78, 5) is 13.8. The first-order chi connectivity index (χ1) is 11.6. The molecule has 1 heterocycles. The topological polar surface area (TPSA) is 82.1 Å². The Balaban J connectivity index is 2.03. The molecule has 1 aromatic carbocycles. The number of aryl methyl sites for hydroxylation is 1. The Bertz CT molecular complexity index is 693. The molecular weight excluding hydrogens is 346 g/mol. The summed E-state index contributed by atoms with van der Waals surface area (Å²) >= 11 is 0. The molecule has 1 aliphatic heterocycles. The molecule has 1 fully saturated rings. The molecule has 1 amide bonds. The van der Waals surface area contributed by atoms with Crippen LogP contribution >= 0.6 is 0 Å². The van der Waals surface area contributed by atoms with Gasteiger partial charge in [0.15, 0.2) is 0 Å². The predicted molar refractivity (Wildman–Crippen MR) is 91.9 cm³/mol. The normalized spacial score (nSPS) is 18.9. The summed E-state index contributed by atoms with van der Waals surface area (Å²) in [6, 6.07) is 5.87. The third-order valence-electron chi connectivity index (χ3n) is 3.58. The zero-order chi connectivity index (χ0) is 18.7. The fourth-order valence-corrected chi connectivity index (χ4v) is 3.24. The quantitative estimate of drug-likeness (QED) is 0.756. The zero-order valence-corrected chi connectivity index (χ0v) is 15.8. The highest BCUT2D eigenvalue weighted by Crippen LogP contribution is 2.18. The molecule has 140 valence electrons. The monoisotopic (exact) mass is 371 g/mol. The van der Waals surface area contributed by atoms with Crippen molar-refractivity contribution < 1.29 is 26.9 Å². The summed E-state index contributed by atoms with van der Waals surface area (Å²) < 4.78 is 40.5. The summed E-state index contributed by atoms with van der Waals surface area (Å²) in [5.74, 6) is 0. The van der Waals surface area contributed by atoms with Gasteiger partial charge in [-0.2, -0.15) is 8.42 Å². The molecule has 0 N–H and O–H groups in total. The van der Waals surface area contributed by atoms with Crippen LogP contribution in [0, 0.1) is 6.92 Å². The SMILES string of the molecule is Cc1ccc(S(=O)(=O)OC[C@@H]2COCCN2C(=O)OC(C)(C)C)cc1. The molecule has 25 heavy (non-hydrogen) atoms. The van der Waals surface area contributed by atoms with E-state index in [1.165, 1.54) is 17.0 Å². The van der Waals surface area contributed by atoms with Crippen LogP contribution in [0.2, 0.25) is 0 Å². The van der Waals surface area contributed by atoms with Crippen molar-refractivity contribution in [1.29, 1.82) is 0 Å². The van der Waals surface area contributed by atoms with Crippen LogP contribution in [0.5, 0.6) is 0 Å². The van der Waals surface area contributed by atoms with Gasteiger partial charge in [0, 0.05) is 6.54 Å². The van der Waals surface area contributed by atoms with Crippen molar-refractivity contribution in [3.63, 3.8) is 0 Å². The molecule has 0 spiro atoms. The Morgan fingerprint density at radius 1 is 1.28 bits per heavy atom. The van der Waals surface area contributed by atoms with E-state index in [0.29, 0.717) is 13.2 Å². The van der Waals surface area contributed by atoms with Crippen molar-refractivity contribution in [2.24, 2.45) is 0 Å². The lowest BCUT2D eigenvalue weighted by Gasteiger charge is -2.36. The average Bonchev–Trinajstić information content (AvgIpc) is 2.52. The minimum atomic E-state index is -3.90. The number of benzene rings is 1. The number of carbonyl (C=O) groups excluding carboxylic acids is 1. The number of hydrogen-bond donors (Lipinski definition) is 0. The predicted octanol–water partition coefficient (Wildman–Crippen LogP) is 2.34. The molecule has 0 unspecified atom stereocenters. The van der Waals surface area contributed by atoms with Gasteiger partial charge in [0.25, 0.3) is 10.1 Å². The second-order valence-corrected chi connectivity index (χ2v) is 8.57. The first-order valence-electron chi connectivity index (χ1n) is 8.12. The van der Waals surface area contributed by atoms with Crippen molar-refractivity contribution >= 4 is 16.2 Å². The van der Waals surface area contributed by atoms with Gasteiger partial charge in [-0.1, -0.05) is 17.7 Å². The van der Waals surface area contributed by atoms with Gasteiger partial charge in [-0.05, 0) is 39.8 Å². The van der Waals surface area contributed by atoms with Gasteiger partial charge >= 0.3 is 6.09 Å².